The third-order valence-corrected chi connectivity index (χ3v) is 5.80. The number of amides is 1. The predicted molar refractivity (Wildman–Crippen MR) is 119 cm³/mol. The first-order valence-electron chi connectivity index (χ1n) is 9.73. The molecule has 8 heteroatoms. The minimum absolute atomic E-state index is 0.0509. The summed E-state index contributed by atoms with van der Waals surface area (Å²) in [6.45, 7) is 4.32. The molecule has 0 saturated heterocycles. The maximum Gasteiger partial charge on any atom is 0.262 e. The van der Waals surface area contributed by atoms with Crippen molar-refractivity contribution >= 4 is 21.6 Å². The summed E-state index contributed by atoms with van der Waals surface area (Å²) < 4.78 is 34.0. The van der Waals surface area contributed by atoms with Crippen LogP contribution < -0.4 is 10.0 Å². The number of hydrogen-bond acceptors (Lipinski definition) is 5. The molecule has 2 N–H and O–H groups in total. The Morgan fingerprint density at radius 1 is 1.00 bits per heavy atom. The molecule has 0 bridgehead atoms. The van der Waals surface area contributed by atoms with Gasteiger partial charge in [0, 0.05) is 6.20 Å². The zero-order valence-electron chi connectivity index (χ0n) is 17.4. The van der Waals surface area contributed by atoms with Crippen LogP contribution in [0.1, 0.15) is 29.8 Å². The summed E-state index contributed by atoms with van der Waals surface area (Å²) in [4.78, 5) is 16.7. The fourth-order valence-electron chi connectivity index (χ4n) is 2.93. The largest absolute Gasteiger partial charge is 0.374 e. The molecule has 1 aromatic heterocycles. The van der Waals surface area contributed by atoms with Gasteiger partial charge < -0.3 is 10.1 Å². The number of carbonyl (C=O) groups excluding carboxylic acids is 1. The number of pyridine rings is 1. The molecule has 0 aliphatic carbocycles. The molecule has 1 heterocycles. The zero-order chi connectivity index (χ0) is 22.3. The van der Waals surface area contributed by atoms with Crippen LogP contribution >= 0.6 is 0 Å². The van der Waals surface area contributed by atoms with E-state index in [4.69, 9.17) is 4.74 Å². The van der Waals surface area contributed by atoms with Crippen molar-refractivity contribution in [3.8, 4) is 0 Å². The first-order chi connectivity index (χ1) is 14.8. The molecule has 3 rings (SSSR count). The molecule has 0 saturated carbocycles. The number of carbonyl (C=O) groups is 1. The number of nitrogens with zero attached hydrogens (tertiary/aromatic N) is 1. The third kappa shape index (κ3) is 6.37. The van der Waals surface area contributed by atoms with Gasteiger partial charge in [0.05, 0.1) is 36.2 Å². The number of benzene rings is 2. The third-order valence-electron chi connectivity index (χ3n) is 4.36. The number of aromatic nitrogens is 1. The average molecular weight is 440 g/mol. The summed E-state index contributed by atoms with van der Waals surface area (Å²) in [6.07, 6.45) is 2.94. The van der Waals surface area contributed by atoms with Crippen molar-refractivity contribution in [2.45, 2.75) is 30.9 Å². The van der Waals surface area contributed by atoms with E-state index in [0.717, 1.165) is 5.56 Å². The first kappa shape index (κ1) is 22.5. The number of rotatable bonds is 9. The van der Waals surface area contributed by atoms with E-state index in [0.29, 0.717) is 12.3 Å². The fraction of sp³-hybridized carbons (Fsp3) is 0.217. The maximum absolute atomic E-state index is 12.9. The fourth-order valence-corrected chi connectivity index (χ4v) is 4.18. The van der Waals surface area contributed by atoms with Gasteiger partial charge in [-0.3, -0.25) is 14.5 Å². The lowest BCUT2D eigenvalue weighted by Crippen LogP contribution is -2.47. The SMILES string of the molecule is CC(C)(COCc1ccccc1)NC(=O)c1ccccc1S(=O)(=O)Nc1cccnc1. The van der Waals surface area contributed by atoms with Gasteiger partial charge in [-0.2, -0.15) is 0 Å². The van der Waals surface area contributed by atoms with Crippen molar-refractivity contribution in [1.82, 2.24) is 10.3 Å². The van der Waals surface area contributed by atoms with Crippen LogP contribution in [0.25, 0.3) is 0 Å². The van der Waals surface area contributed by atoms with Crippen molar-refractivity contribution in [2.75, 3.05) is 11.3 Å². The van der Waals surface area contributed by atoms with Gasteiger partial charge in [-0.05, 0) is 43.7 Å². The Labute approximate surface area is 182 Å². The molecule has 162 valence electrons. The molecule has 3 aromatic rings. The lowest BCUT2D eigenvalue weighted by atomic mass is 10.1. The van der Waals surface area contributed by atoms with Crippen LogP contribution in [0.4, 0.5) is 5.69 Å². The van der Waals surface area contributed by atoms with Gasteiger partial charge in [0.25, 0.3) is 15.9 Å². The molecule has 0 spiro atoms. The average Bonchev–Trinajstić information content (AvgIpc) is 2.74. The van der Waals surface area contributed by atoms with Crippen molar-refractivity contribution in [3.05, 3.63) is 90.3 Å². The smallest absolute Gasteiger partial charge is 0.262 e. The second kappa shape index (κ2) is 9.72. The summed E-state index contributed by atoms with van der Waals surface area (Å²) in [5.41, 5.74) is 0.685. The lowest BCUT2D eigenvalue weighted by molar-refractivity contribution is 0.0615. The van der Waals surface area contributed by atoms with Crippen molar-refractivity contribution in [3.63, 3.8) is 0 Å². The summed E-state index contributed by atoms with van der Waals surface area (Å²) in [6, 6.07) is 19.0. The first-order valence-corrected chi connectivity index (χ1v) is 11.2. The Kier molecular flexibility index (Phi) is 7.04. The van der Waals surface area contributed by atoms with Crippen molar-refractivity contribution in [2.24, 2.45) is 0 Å². The number of sulfonamides is 1. The Balaban J connectivity index is 1.70. The van der Waals surface area contributed by atoms with E-state index in [-0.39, 0.29) is 17.1 Å². The molecule has 0 unspecified atom stereocenters. The summed E-state index contributed by atoms with van der Waals surface area (Å²) in [7, 11) is -3.98. The summed E-state index contributed by atoms with van der Waals surface area (Å²) in [5, 5.41) is 2.87. The van der Waals surface area contributed by atoms with Crippen molar-refractivity contribution in [1.29, 1.82) is 0 Å². The number of nitrogens with one attached hydrogen (secondary N) is 2. The van der Waals surface area contributed by atoms with E-state index >= 15 is 0 Å². The minimum Gasteiger partial charge on any atom is -0.374 e. The van der Waals surface area contributed by atoms with Crippen LogP contribution in [-0.4, -0.2) is 31.5 Å². The second-order valence-corrected chi connectivity index (χ2v) is 9.31. The van der Waals surface area contributed by atoms with E-state index in [1.807, 2.05) is 44.2 Å². The zero-order valence-corrected chi connectivity index (χ0v) is 18.2. The van der Waals surface area contributed by atoms with Crippen molar-refractivity contribution < 1.29 is 17.9 Å². The van der Waals surface area contributed by atoms with E-state index in [9.17, 15) is 13.2 Å². The van der Waals surface area contributed by atoms with Crippen LogP contribution in [0.15, 0.2) is 84.0 Å². The van der Waals surface area contributed by atoms with Crippen LogP contribution in [0.2, 0.25) is 0 Å². The molecule has 0 aliphatic rings. The Hall–Kier alpha value is -3.23. The highest BCUT2D eigenvalue weighted by Crippen LogP contribution is 2.20. The molecular weight excluding hydrogens is 414 g/mol. The van der Waals surface area contributed by atoms with E-state index in [1.165, 1.54) is 18.3 Å². The number of anilines is 1. The van der Waals surface area contributed by atoms with Gasteiger partial charge in [-0.15, -0.1) is 0 Å². The van der Waals surface area contributed by atoms with E-state index in [1.54, 1.807) is 30.5 Å². The molecular formula is C23H25N3O4S. The number of hydrogen-bond donors (Lipinski definition) is 2. The van der Waals surface area contributed by atoms with E-state index < -0.39 is 21.5 Å². The Bertz CT molecular complexity index is 1120. The maximum atomic E-state index is 12.9. The normalized spacial score (nSPS) is 11.7. The van der Waals surface area contributed by atoms with Crippen LogP contribution in [0, 0.1) is 0 Å². The molecule has 1 amide bonds. The number of ether oxygens (including phenoxy) is 1. The summed E-state index contributed by atoms with van der Waals surface area (Å²) >= 11 is 0. The molecule has 0 aliphatic heterocycles. The van der Waals surface area contributed by atoms with Gasteiger partial charge in [0.2, 0.25) is 0 Å². The highest BCUT2D eigenvalue weighted by atomic mass is 32.2. The molecule has 0 fully saturated rings. The van der Waals surface area contributed by atoms with Gasteiger partial charge in [0.1, 0.15) is 4.90 Å². The van der Waals surface area contributed by atoms with Gasteiger partial charge >= 0.3 is 0 Å². The Morgan fingerprint density at radius 2 is 1.71 bits per heavy atom. The Morgan fingerprint density at radius 3 is 2.42 bits per heavy atom. The predicted octanol–water partition coefficient (Wildman–Crippen LogP) is 3.61. The second-order valence-electron chi connectivity index (χ2n) is 7.66. The standard InChI is InChI=1S/C23H25N3O4S/c1-23(2,17-30-16-18-9-4-3-5-10-18)25-22(27)20-12-6-7-13-21(20)31(28,29)26-19-11-8-14-24-15-19/h3-15,26H,16-17H2,1-2H3,(H,25,27). The molecule has 0 atom stereocenters. The molecule has 2 aromatic carbocycles. The monoisotopic (exact) mass is 439 g/mol. The highest BCUT2D eigenvalue weighted by Gasteiger charge is 2.27. The minimum atomic E-state index is -3.98. The van der Waals surface area contributed by atoms with Gasteiger partial charge in [-0.25, -0.2) is 8.42 Å². The van der Waals surface area contributed by atoms with E-state index in [2.05, 4.69) is 15.0 Å². The quantitative estimate of drug-likeness (QED) is 0.531. The molecule has 7 nitrogen and oxygen atoms in total. The lowest BCUT2D eigenvalue weighted by Gasteiger charge is -2.26. The summed E-state index contributed by atoms with van der Waals surface area (Å²) in [5.74, 6) is -0.500. The van der Waals surface area contributed by atoms with Crippen LogP contribution in [0.5, 0.6) is 0 Å². The van der Waals surface area contributed by atoms with Gasteiger partial charge in [0.15, 0.2) is 0 Å². The van der Waals surface area contributed by atoms with Crippen LogP contribution in [-0.2, 0) is 21.4 Å². The molecule has 31 heavy (non-hydrogen) atoms. The van der Waals surface area contributed by atoms with Crippen LogP contribution in [0.3, 0.4) is 0 Å². The molecule has 0 radical (unpaired) electrons. The topological polar surface area (TPSA) is 97.4 Å². The highest BCUT2D eigenvalue weighted by molar-refractivity contribution is 7.92. The van der Waals surface area contributed by atoms with Gasteiger partial charge in [-0.1, -0.05) is 42.5 Å².